The van der Waals surface area contributed by atoms with Gasteiger partial charge in [-0.1, -0.05) is 51.4 Å². The maximum atomic E-state index is 12.8. The Bertz CT molecular complexity index is 758. The Kier molecular flexibility index (Phi) is 5.68. The van der Waals surface area contributed by atoms with Gasteiger partial charge < -0.3 is 9.84 Å². The van der Waals surface area contributed by atoms with Gasteiger partial charge in [-0.05, 0) is 30.2 Å². The number of hydrogen-bond donors (Lipinski definition) is 1. The molecule has 1 aromatic heterocycles. The molecule has 0 bridgehead atoms. The molecule has 1 N–H and O–H groups in total. The van der Waals surface area contributed by atoms with Crippen LogP contribution in [0.3, 0.4) is 0 Å². The molecule has 1 heterocycles. The minimum Gasteiger partial charge on any atom is -0.360 e. The monoisotopic (exact) mass is 362 g/mol. The molecule has 6 heteroatoms. The fraction of sp³-hybridized carbons (Fsp3) is 0.421. The number of halogens is 1. The number of benzene rings is 1. The highest BCUT2D eigenvalue weighted by atomic mass is 35.5. The van der Waals surface area contributed by atoms with Crippen LogP contribution in [0.15, 0.2) is 35.0 Å². The molecule has 0 aliphatic rings. The molecule has 1 atom stereocenters. The third kappa shape index (κ3) is 4.48. The van der Waals surface area contributed by atoms with E-state index in [-0.39, 0.29) is 23.0 Å². The number of nitrogens with zero attached hydrogens (tertiary/aromatic N) is 1. The van der Waals surface area contributed by atoms with E-state index in [2.05, 4.69) is 10.5 Å². The van der Waals surface area contributed by atoms with Crippen molar-refractivity contribution in [3.63, 3.8) is 0 Å². The van der Waals surface area contributed by atoms with Crippen LogP contribution in [0.1, 0.15) is 61.1 Å². The molecular weight excluding hydrogens is 340 g/mol. The highest BCUT2D eigenvalue weighted by Gasteiger charge is 2.31. The number of ketones is 1. The van der Waals surface area contributed by atoms with Crippen molar-refractivity contribution in [2.24, 2.45) is 5.92 Å². The van der Waals surface area contributed by atoms with Crippen molar-refractivity contribution in [2.75, 3.05) is 0 Å². The summed E-state index contributed by atoms with van der Waals surface area (Å²) >= 11 is 5.87. The van der Waals surface area contributed by atoms with Gasteiger partial charge in [0.05, 0.1) is 12.2 Å². The zero-order valence-electron chi connectivity index (χ0n) is 15.1. The van der Waals surface area contributed by atoms with E-state index in [0.29, 0.717) is 21.9 Å². The lowest BCUT2D eigenvalue weighted by molar-refractivity contribution is 0.0829. The lowest BCUT2D eigenvalue weighted by atomic mass is 9.90. The van der Waals surface area contributed by atoms with Crippen LogP contribution < -0.4 is 5.32 Å². The van der Waals surface area contributed by atoms with Crippen LogP contribution in [0.25, 0.3) is 0 Å². The SMILES string of the molecule is CC(C)C(NC(=O)c1cnoc1C(C)(C)C)C(=O)c1ccc(Cl)cc1. The Morgan fingerprint density at radius 1 is 1.16 bits per heavy atom. The zero-order chi connectivity index (χ0) is 18.8. The quantitative estimate of drug-likeness (QED) is 0.806. The van der Waals surface area contributed by atoms with Crippen LogP contribution in [0, 0.1) is 5.92 Å². The van der Waals surface area contributed by atoms with E-state index >= 15 is 0 Å². The van der Waals surface area contributed by atoms with Crippen molar-refractivity contribution in [3.8, 4) is 0 Å². The third-order valence-corrected chi connectivity index (χ3v) is 4.11. The van der Waals surface area contributed by atoms with Gasteiger partial charge in [0, 0.05) is 16.0 Å². The Morgan fingerprint density at radius 2 is 1.76 bits per heavy atom. The summed E-state index contributed by atoms with van der Waals surface area (Å²) in [6.45, 7) is 9.57. The van der Waals surface area contributed by atoms with Crippen LogP contribution in [0.2, 0.25) is 5.02 Å². The van der Waals surface area contributed by atoms with E-state index in [0.717, 1.165) is 0 Å². The van der Waals surface area contributed by atoms with Crippen molar-refractivity contribution < 1.29 is 14.1 Å². The molecule has 2 aromatic rings. The van der Waals surface area contributed by atoms with E-state index in [1.165, 1.54) is 6.20 Å². The van der Waals surface area contributed by atoms with Crippen molar-refractivity contribution in [1.82, 2.24) is 10.5 Å². The van der Waals surface area contributed by atoms with Gasteiger partial charge in [0.2, 0.25) is 0 Å². The van der Waals surface area contributed by atoms with Gasteiger partial charge in [-0.3, -0.25) is 9.59 Å². The molecule has 0 fully saturated rings. The number of nitrogens with one attached hydrogen (secondary N) is 1. The molecule has 0 aliphatic heterocycles. The van der Waals surface area contributed by atoms with Gasteiger partial charge in [-0.15, -0.1) is 0 Å². The summed E-state index contributed by atoms with van der Waals surface area (Å²) in [5.74, 6) is -0.113. The first-order chi connectivity index (χ1) is 11.6. The normalized spacial score (nSPS) is 12.9. The van der Waals surface area contributed by atoms with Crippen molar-refractivity contribution in [1.29, 1.82) is 0 Å². The topological polar surface area (TPSA) is 72.2 Å². The van der Waals surface area contributed by atoms with Crippen molar-refractivity contribution >= 4 is 23.3 Å². The Morgan fingerprint density at radius 3 is 2.28 bits per heavy atom. The average Bonchev–Trinajstić information content (AvgIpc) is 3.02. The van der Waals surface area contributed by atoms with Crippen LogP contribution in [0.4, 0.5) is 0 Å². The van der Waals surface area contributed by atoms with E-state index < -0.39 is 6.04 Å². The minimum atomic E-state index is -0.656. The minimum absolute atomic E-state index is 0.0786. The molecule has 2 rings (SSSR count). The van der Waals surface area contributed by atoms with Gasteiger partial charge in [-0.2, -0.15) is 0 Å². The highest BCUT2D eigenvalue weighted by molar-refractivity contribution is 6.30. The molecule has 0 saturated carbocycles. The second-order valence-corrected chi connectivity index (χ2v) is 7.82. The molecule has 1 unspecified atom stereocenters. The summed E-state index contributed by atoms with van der Waals surface area (Å²) in [7, 11) is 0. The van der Waals surface area contributed by atoms with E-state index in [9.17, 15) is 9.59 Å². The number of carbonyl (C=O) groups is 2. The van der Waals surface area contributed by atoms with Gasteiger partial charge in [0.25, 0.3) is 5.91 Å². The molecule has 5 nitrogen and oxygen atoms in total. The van der Waals surface area contributed by atoms with Crippen LogP contribution in [-0.2, 0) is 5.41 Å². The summed E-state index contributed by atoms with van der Waals surface area (Å²) in [4.78, 5) is 25.5. The van der Waals surface area contributed by atoms with E-state index in [4.69, 9.17) is 16.1 Å². The van der Waals surface area contributed by atoms with Crippen LogP contribution in [-0.4, -0.2) is 22.9 Å². The standard InChI is InChI=1S/C19H23ClN2O3/c1-11(2)15(16(23)12-6-8-13(20)9-7-12)22-18(24)14-10-21-25-17(14)19(3,4)5/h6-11,15H,1-5H3,(H,22,24). The van der Waals surface area contributed by atoms with Crippen LogP contribution >= 0.6 is 11.6 Å². The van der Waals surface area contributed by atoms with Gasteiger partial charge in [0.1, 0.15) is 5.56 Å². The van der Waals surface area contributed by atoms with E-state index in [1.807, 2.05) is 34.6 Å². The number of carbonyl (C=O) groups excluding carboxylic acids is 2. The number of amides is 1. The van der Waals surface area contributed by atoms with Gasteiger partial charge in [-0.25, -0.2) is 0 Å². The molecule has 0 saturated heterocycles. The Hall–Kier alpha value is -2.14. The fourth-order valence-corrected chi connectivity index (χ4v) is 2.62. The molecular formula is C19H23ClN2O3. The highest BCUT2D eigenvalue weighted by Crippen LogP contribution is 2.26. The molecule has 1 aromatic carbocycles. The first-order valence-electron chi connectivity index (χ1n) is 8.17. The maximum absolute atomic E-state index is 12.8. The number of hydrogen-bond acceptors (Lipinski definition) is 4. The van der Waals surface area contributed by atoms with Crippen LogP contribution in [0.5, 0.6) is 0 Å². The fourth-order valence-electron chi connectivity index (χ4n) is 2.49. The summed E-state index contributed by atoms with van der Waals surface area (Å²) in [6.07, 6.45) is 1.39. The summed E-state index contributed by atoms with van der Waals surface area (Å²) in [5.41, 5.74) is 0.489. The maximum Gasteiger partial charge on any atom is 0.257 e. The van der Waals surface area contributed by atoms with Crippen molar-refractivity contribution in [3.05, 3.63) is 52.4 Å². The summed E-state index contributed by atoms with van der Waals surface area (Å²) in [5, 5.41) is 7.12. The molecule has 1 amide bonds. The first kappa shape index (κ1) is 19.2. The smallest absolute Gasteiger partial charge is 0.257 e. The predicted octanol–water partition coefficient (Wildman–Crippen LogP) is 4.26. The largest absolute Gasteiger partial charge is 0.360 e. The molecule has 0 spiro atoms. The average molecular weight is 363 g/mol. The number of aromatic nitrogens is 1. The van der Waals surface area contributed by atoms with Crippen molar-refractivity contribution in [2.45, 2.75) is 46.1 Å². The first-order valence-corrected chi connectivity index (χ1v) is 8.55. The van der Waals surface area contributed by atoms with E-state index in [1.54, 1.807) is 24.3 Å². The zero-order valence-corrected chi connectivity index (χ0v) is 15.8. The van der Waals surface area contributed by atoms with Gasteiger partial charge >= 0.3 is 0 Å². The molecule has 25 heavy (non-hydrogen) atoms. The number of Topliss-reactive ketones (excluding diaryl/α,β-unsaturated/α-hetero) is 1. The Balaban J connectivity index is 2.25. The summed E-state index contributed by atoms with van der Waals surface area (Å²) < 4.78 is 5.24. The third-order valence-electron chi connectivity index (χ3n) is 3.86. The second-order valence-electron chi connectivity index (χ2n) is 7.38. The predicted molar refractivity (Wildman–Crippen MR) is 97.1 cm³/mol. The molecule has 0 aliphatic carbocycles. The second kappa shape index (κ2) is 7.40. The lowest BCUT2D eigenvalue weighted by Crippen LogP contribution is -2.44. The number of rotatable bonds is 5. The lowest BCUT2D eigenvalue weighted by Gasteiger charge is -2.22. The summed E-state index contributed by atoms with van der Waals surface area (Å²) in [6, 6.07) is 5.98. The van der Waals surface area contributed by atoms with Gasteiger partial charge in [0.15, 0.2) is 11.5 Å². The Labute approximate surface area is 152 Å². The molecule has 134 valence electrons. The molecule has 0 radical (unpaired) electrons.